The van der Waals surface area contributed by atoms with Gasteiger partial charge in [-0.1, -0.05) is 120 Å². The summed E-state index contributed by atoms with van der Waals surface area (Å²) in [7, 11) is 0. The van der Waals surface area contributed by atoms with Gasteiger partial charge in [0.05, 0.1) is 11.7 Å². The third-order valence-electron chi connectivity index (χ3n) is 5.31. The Morgan fingerprint density at radius 2 is 1.28 bits per heavy atom. The summed E-state index contributed by atoms with van der Waals surface area (Å²) in [6, 6.07) is 25.3. The van der Waals surface area contributed by atoms with Crippen molar-refractivity contribution in [1.29, 1.82) is 0 Å². The molecular weight excluding hydrogens is 498 g/mol. The number of nitrogen functional groups attached to an aromatic ring is 1. The Morgan fingerprint density at radius 3 is 1.74 bits per heavy atom. The van der Waals surface area contributed by atoms with Gasteiger partial charge >= 0.3 is 0 Å². The van der Waals surface area contributed by atoms with Crippen molar-refractivity contribution in [3.8, 4) is 11.1 Å². The average Bonchev–Trinajstić information content (AvgIpc) is 3.01. The van der Waals surface area contributed by atoms with Crippen LogP contribution in [0.1, 0.15) is 75.7 Å². The van der Waals surface area contributed by atoms with Crippen LogP contribution in [0, 0.1) is 4.91 Å². The lowest BCUT2D eigenvalue weighted by atomic mass is 9.91. The van der Waals surface area contributed by atoms with Crippen LogP contribution < -0.4 is 10.5 Å². The van der Waals surface area contributed by atoms with Crippen molar-refractivity contribution in [2.75, 3.05) is 10.5 Å². The summed E-state index contributed by atoms with van der Waals surface area (Å²) in [5, 5.41) is 7.42. The number of nitrogens with zero attached hydrogens (tertiary/aromatic N) is 1. The van der Waals surface area contributed by atoms with Crippen molar-refractivity contribution in [2.45, 2.75) is 81.7 Å². The van der Waals surface area contributed by atoms with Crippen molar-refractivity contribution in [1.82, 2.24) is 0 Å². The van der Waals surface area contributed by atoms with Gasteiger partial charge in [0, 0.05) is 21.7 Å². The first-order valence-corrected chi connectivity index (χ1v) is 15.0. The summed E-state index contributed by atoms with van der Waals surface area (Å²) in [4.78, 5) is 10.6. The molecule has 0 spiro atoms. The van der Waals surface area contributed by atoms with Gasteiger partial charge in [0.1, 0.15) is 0 Å². The molecule has 0 heterocycles. The molecule has 0 aliphatic rings. The average molecular weight is 548 g/mol. The standard InChI is InChI=1S/C25H24N2S.C3H7NO.3C2H6/c1-3-19(4-2)28-27-23-16-14-18-10-6-8-12-21(18)25(23)24-20-11-7-5-9-17(20)13-15-22(24)26;1-3(2)4-5;3*1-2/h3,5-16,27H,4,26H2,1-2H3;3H,1-2H3;3*1-2H3/b19-3+;;;;. The van der Waals surface area contributed by atoms with E-state index in [0.717, 1.165) is 28.9 Å². The molecule has 0 radical (unpaired) electrons. The fourth-order valence-corrected chi connectivity index (χ4v) is 4.32. The molecule has 212 valence electrons. The fraction of sp³-hybridized carbons (Fsp3) is 0.353. The zero-order valence-electron chi connectivity index (χ0n) is 25.6. The zero-order valence-corrected chi connectivity index (χ0v) is 26.4. The predicted molar refractivity (Wildman–Crippen MR) is 182 cm³/mol. The highest BCUT2D eigenvalue weighted by Gasteiger charge is 2.16. The third-order valence-corrected chi connectivity index (χ3v) is 6.42. The van der Waals surface area contributed by atoms with Crippen LogP contribution in [0.5, 0.6) is 0 Å². The second kappa shape index (κ2) is 20.6. The lowest BCUT2D eigenvalue weighted by molar-refractivity contribution is 0.827. The van der Waals surface area contributed by atoms with E-state index in [0.29, 0.717) is 0 Å². The van der Waals surface area contributed by atoms with E-state index in [9.17, 15) is 4.91 Å². The topological polar surface area (TPSA) is 67.5 Å². The van der Waals surface area contributed by atoms with E-state index in [1.54, 1.807) is 25.8 Å². The molecule has 0 aliphatic heterocycles. The van der Waals surface area contributed by atoms with Crippen molar-refractivity contribution in [2.24, 2.45) is 5.18 Å². The van der Waals surface area contributed by atoms with Crippen LogP contribution in [0.25, 0.3) is 32.7 Å². The smallest absolute Gasteiger partial charge is 0.0863 e. The number of nitroso groups, excluding NO2 is 1. The largest absolute Gasteiger partial charge is 0.398 e. The monoisotopic (exact) mass is 547 g/mol. The number of rotatable bonds is 6. The highest BCUT2D eigenvalue weighted by atomic mass is 32.2. The summed E-state index contributed by atoms with van der Waals surface area (Å²) < 4.78 is 3.59. The van der Waals surface area contributed by atoms with E-state index >= 15 is 0 Å². The quantitative estimate of drug-likeness (QED) is 0.143. The van der Waals surface area contributed by atoms with Gasteiger partial charge in [-0.15, -0.1) is 0 Å². The van der Waals surface area contributed by atoms with Gasteiger partial charge in [0.25, 0.3) is 0 Å². The maximum absolute atomic E-state index is 9.25. The first kappa shape index (κ1) is 35.7. The van der Waals surface area contributed by atoms with E-state index in [4.69, 9.17) is 5.73 Å². The number of nitrogens with two attached hydrogens (primary N) is 1. The Morgan fingerprint density at radius 1 is 0.821 bits per heavy atom. The zero-order chi connectivity index (χ0) is 29.8. The molecule has 5 heteroatoms. The van der Waals surface area contributed by atoms with Crippen molar-refractivity contribution in [3.63, 3.8) is 0 Å². The van der Waals surface area contributed by atoms with Gasteiger partial charge < -0.3 is 10.5 Å². The molecule has 0 amide bonds. The molecule has 4 aromatic carbocycles. The number of nitrogens with one attached hydrogen (secondary N) is 1. The minimum atomic E-state index is -0.0463. The van der Waals surface area contributed by atoms with Crippen molar-refractivity contribution >= 4 is 44.9 Å². The van der Waals surface area contributed by atoms with Gasteiger partial charge in [-0.25, -0.2) is 0 Å². The summed E-state index contributed by atoms with van der Waals surface area (Å²) in [6.45, 7) is 19.7. The van der Waals surface area contributed by atoms with Crippen molar-refractivity contribution in [3.05, 3.63) is 88.7 Å². The summed E-state index contributed by atoms with van der Waals surface area (Å²) in [5.41, 5.74) is 10.7. The van der Waals surface area contributed by atoms with Gasteiger partial charge in [-0.05, 0) is 72.8 Å². The molecular formula is C34H49N3OS. The Balaban J connectivity index is 0.00000115. The first-order valence-electron chi connectivity index (χ1n) is 14.2. The molecule has 0 atom stereocenters. The molecule has 0 bridgehead atoms. The molecule has 4 nitrogen and oxygen atoms in total. The lowest BCUT2D eigenvalue weighted by Crippen LogP contribution is -1.97. The number of allylic oxidation sites excluding steroid dienone is 2. The maximum atomic E-state index is 9.25. The SMILES string of the molecule is C/C=C(\CC)SNc1ccc2ccccc2c1-c1c(N)ccc2ccccc12.CC.CC.CC.CC(C)N=O. The Bertz CT molecular complexity index is 1280. The lowest BCUT2D eigenvalue weighted by Gasteiger charge is -2.18. The molecule has 0 aliphatic carbocycles. The van der Waals surface area contributed by atoms with E-state index in [-0.39, 0.29) is 6.04 Å². The molecule has 0 aromatic heterocycles. The summed E-state index contributed by atoms with van der Waals surface area (Å²) >= 11 is 1.67. The van der Waals surface area contributed by atoms with Crippen LogP contribution in [0.15, 0.2) is 89.0 Å². The predicted octanol–water partition coefficient (Wildman–Crippen LogP) is 11.9. The molecule has 4 aromatic rings. The highest BCUT2D eigenvalue weighted by molar-refractivity contribution is 8.04. The van der Waals surface area contributed by atoms with Crippen LogP contribution in [0.4, 0.5) is 11.4 Å². The third kappa shape index (κ3) is 10.4. The number of hydrogen-bond acceptors (Lipinski definition) is 5. The molecule has 0 unspecified atom stereocenters. The van der Waals surface area contributed by atoms with E-state index < -0.39 is 0 Å². The van der Waals surface area contributed by atoms with Crippen LogP contribution in [0.3, 0.4) is 0 Å². The molecule has 4 rings (SSSR count). The normalized spacial score (nSPS) is 10.1. The number of anilines is 2. The number of benzene rings is 4. The second-order valence-electron chi connectivity index (χ2n) is 7.97. The Hall–Kier alpha value is -3.31. The van der Waals surface area contributed by atoms with Gasteiger partial charge in [-0.3, -0.25) is 0 Å². The fourth-order valence-electron chi connectivity index (χ4n) is 3.65. The minimum absolute atomic E-state index is 0.0463. The number of fused-ring (bicyclic) bond motifs is 2. The van der Waals surface area contributed by atoms with Gasteiger partial charge in [-0.2, -0.15) is 4.91 Å². The molecule has 0 saturated heterocycles. The second-order valence-corrected chi connectivity index (χ2v) is 8.90. The summed E-state index contributed by atoms with van der Waals surface area (Å²) in [5.74, 6) is 0. The highest BCUT2D eigenvalue weighted by Crippen LogP contribution is 2.43. The van der Waals surface area contributed by atoms with Crippen LogP contribution >= 0.6 is 11.9 Å². The van der Waals surface area contributed by atoms with Crippen LogP contribution in [-0.2, 0) is 0 Å². The van der Waals surface area contributed by atoms with E-state index in [2.05, 4.69) is 96.6 Å². The first-order chi connectivity index (χ1) is 19.0. The van der Waals surface area contributed by atoms with Gasteiger partial charge in [0.15, 0.2) is 0 Å². The van der Waals surface area contributed by atoms with Gasteiger partial charge in [0.2, 0.25) is 0 Å². The van der Waals surface area contributed by atoms with Crippen LogP contribution in [0.2, 0.25) is 0 Å². The maximum Gasteiger partial charge on any atom is 0.0863 e. The summed E-state index contributed by atoms with van der Waals surface area (Å²) in [6.07, 6.45) is 3.16. The van der Waals surface area contributed by atoms with E-state index in [1.165, 1.54) is 26.5 Å². The minimum Gasteiger partial charge on any atom is -0.398 e. The molecule has 39 heavy (non-hydrogen) atoms. The molecule has 0 saturated carbocycles. The Kier molecular flexibility index (Phi) is 18.9. The number of hydrogen-bond donors (Lipinski definition) is 2. The van der Waals surface area contributed by atoms with Crippen molar-refractivity contribution < 1.29 is 0 Å². The molecule has 0 fully saturated rings. The van der Waals surface area contributed by atoms with Crippen LogP contribution in [-0.4, -0.2) is 6.04 Å². The Labute approximate surface area is 241 Å². The van der Waals surface area contributed by atoms with E-state index in [1.807, 2.05) is 47.6 Å². The molecule has 3 N–H and O–H groups in total.